The molecule has 0 spiro atoms. The van der Waals surface area contributed by atoms with E-state index in [1.807, 2.05) is 14.1 Å². The molecule has 0 bridgehead atoms. The molecule has 1 rings (SSSR count). The van der Waals surface area contributed by atoms with E-state index in [-0.39, 0.29) is 12.5 Å². The molecule has 0 aromatic rings. The van der Waals surface area contributed by atoms with Gasteiger partial charge in [-0.3, -0.25) is 4.79 Å². The predicted octanol–water partition coefficient (Wildman–Crippen LogP) is -1.18. The van der Waals surface area contributed by atoms with Gasteiger partial charge in [0.05, 0.1) is 13.2 Å². The molecule has 1 atom stereocenters. The van der Waals surface area contributed by atoms with Gasteiger partial charge in [0.25, 0.3) is 0 Å². The molecule has 82 valence electrons. The number of ether oxygens (including phenoxy) is 1. The molecule has 5 nitrogen and oxygen atoms in total. The number of hydrogen-bond acceptors (Lipinski definition) is 4. The Morgan fingerprint density at radius 3 is 2.86 bits per heavy atom. The van der Waals surface area contributed by atoms with Gasteiger partial charge < -0.3 is 20.1 Å². The highest BCUT2D eigenvalue weighted by Crippen LogP contribution is 2.16. The van der Waals surface area contributed by atoms with Gasteiger partial charge in [0.2, 0.25) is 5.91 Å². The van der Waals surface area contributed by atoms with Crippen LogP contribution in [-0.4, -0.2) is 61.9 Å². The van der Waals surface area contributed by atoms with E-state index in [9.17, 15) is 9.90 Å². The molecule has 1 unspecified atom stereocenters. The predicted molar refractivity (Wildman–Crippen MR) is 51.9 cm³/mol. The van der Waals surface area contributed by atoms with Crippen molar-refractivity contribution >= 4 is 5.91 Å². The largest absolute Gasteiger partial charge is 0.386 e. The molecule has 1 amide bonds. The van der Waals surface area contributed by atoms with Gasteiger partial charge in [-0.1, -0.05) is 0 Å². The van der Waals surface area contributed by atoms with Crippen LogP contribution < -0.4 is 5.32 Å². The molecule has 0 aromatic heterocycles. The van der Waals surface area contributed by atoms with Gasteiger partial charge in [-0.05, 0) is 14.1 Å². The van der Waals surface area contributed by atoms with E-state index >= 15 is 0 Å². The zero-order valence-corrected chi connectivity index (χ0v) is 8.75. The van der Waals surface area contributed by atoms with E-state index in [0.717, 1.165) is 0 Å². The fourth-order valence-corrected chi connectivity index (χ4v) is 1.34. The summed E-state index contributed by atoms with van der Waals surface area (Å²) in [5.74, 6) is -0.0738. The standard InChI is InChI=1S/C9H18N2O3/c1-11(2)5-8(12)10-6-9(13)3-4-14-7-9/h13H,3-7H2,1-2H3,(H,10,12). The molecular formula is C9H18N2O3. The minimum absolute atomic E-state index is 0.0738. The van der Waals surface area contributed by atoms with Gasteiger partial charge >= 0.3 is 0 Å². The Labute approximate surface area is 84.0 Å². The smallest absolute Gasteiger partial charge is 0.234 e. The first kappa shape index (κ1) is 11.4. The van der Waals surface area contributed by atoms with Gasteiger partial charge in [-0.15, -0.1) is 0 Å². The Hall–Kier alpha value is -0.650. The summed E-state index contributed by atoms with van der Waals surface area (Å²) in [5, 5.41) is 12.5. The monoisotopic (exact) mass is 202 g/mol. The van der Waals surface area contributed by atoms with Crippen LogP contribution in [0, 0.1) is 0 Å². The van der Waals surface area contributed by atoms with Crippen molar-refractivity contribution in [3.8, 4) is 0 Å². The van der Waals surface area contributed by atoms with Gasteiger partial charge in [-0.2, -0.15) is 0 Å². The maximum atomic E-state index is 11.2. The van der Waals surface area contributed by atoms with E-state index in [2.05, 4.69) is 5.32 Å². The summed E-state index contributed by atoms with van der Waals surface area (Å²) in [6.45, 7) is 1.51. The molecule has 1 fully saturated rings. The van der Waals surface area contributed by atoms with Crippen molar-refractivity contribution in [2.75, 3.05) is 40.4 Å². The number of hydrogen-bond donors (Lipinski definition) is 2. The van der Waals surface area contributed by atoms with E-state index in [1.54, 1.807) is 4.90 Å². The Morgan fingerprint density at radius 1 is 1.64 bits per heavy atom. The first-order valence-corrected chi connectivity index (χ1v) is 4.73. The molecule has 1 aliphatic rings. The number of carbonyl (C=O) groups is 1. The maximum absolute atomic E-state index is 11.2. The number of carbonyl (C=O) groups excluding carboxylic acids is 1. The molecule has 1 aliphatic heterocycles. The van der Waals surface area contributed by atoms with Gasteiger partial charge in [-0.25, -0.2) is 0 Å². The molecule has 1 heterocycles. The van der Waals surface area contributed by atoms with Crippen LogP contribution in [0.2, 0.25) is 0 Å². The normalized spacial score (nSPS) is 26.9. The van der Waals surface area contributed by atoms with Crippen molar-refractivity contribution in [2.24, 2.45) is 0 Å². The lowest BCUT2D eigenvalue weighted by Crippen LogP contribution is -2.45. The lowest BCUT2D eigenvalue weighted by Gasteiger charge is -2.21. The fourth-order valence-electron chi connectivity index (χ4n) is 1.34. The number of likely N-dealkylation sites (N-methyl/N-ethyl adjacent to an activating group) is 1. The SMILES string of the molecule is CN(C)CC(=O)NCC1(O)CCOC1. The molecule has 14 heavy (non-hydrogen) atoms. The zero-order valence-electron chi connectivity index (χ0n) is 8.75. The fraction of sp³-hybridized carbons (Fsp3) is 0.889. The van der Waals surface area contributed by atoms with Crippen molar-refractivity contribution in [1.82, 2.24) is 10.2 Å². The summed E-state index contributed by atoms with van der Waals surface area (Å²) in [5.41, 5.74) is -0.859. The quantitative estimate of drug-likeness (QED) is 0.602. The van der Waals surface area contributed by atoms with Crippen LogP contribution in [-0.2, 0) is 9.53 Å². The topological polar surface area (TPSA) is 61.8 Å². The van der Waals surface area contributed by atoms with Crippen molar-refractivity contribution in [2.45, 2.75) is 12.0 Å². The second kappa shape index (κ2) is 4.72. The molecule has 5 heteroatoms. The summed E-state index contributed by atoms with van der Waals surface area (Å²) in [6, 6.07) is 0. The summed E-state index contributed by atoms with van der Waals surface area (Å²) < 4.78 is 5.06. The summed E-state index contributed by atoms with van der Waals surface area (Å²) in [4.78, 5) is 13.0. The third kappa shape index (κ3) is 3.61. The number of rotatable bonds is 4. The Balaban J connectivity index is 2.22. The van der Waals surface area contributed by atoms with Crippen LogP contribution in [0.25, 0.3) is 0 Å². The summed E-state index contributed by atoms with van der Waals surface area (Å²) in [6.07, 6.45) is 0.593. The van der Waals surface area contributed by atoms with Gasteiger partial charge in [0, 0.05) is 19.6 Å². The van der Waals surface area contributed by atoms with E-state index in [4.69, 9.17) is 4.74 Å². The minimum Gasteiger partial charge on any atom is -0.386 e. The Kier molecular flexibility index (Phi) is 3.86. The van der Waals surface area contributed by atoms with Crippen LogP contribution in [0.15, 0.2) is 0 Å². The van der Waals surface area contributed by atoms with Crippen molar-refractivity contribution in [1.29, 1.82) is 0 Å². The third-order valence-electron chi connectivity index (χ3n) is 2.16. The van der Waals surface area contributed by atoms with Crippen molar-refractivity contribution in [3.05, 3.63) is 0 Å². The van der Waals surface area contributed by atoms with E-state index in [0.29, 0.717) is 26.2 Å². The first-order chi connectivity index (χ1) is 6.52. The van der Waals surface area contributed by atoms with Gasteiger partial charge in [0.15, 0.2) is 0 Å². The lowest BCUT2D eigenvalue weighted by molar-refractivity contribution is -0.122. The van der Waals surface area contributed by atoms with Crippen molar-refractivity contribution in [3.63, 3.8) is 0 Å². The van der Waals surface area contributed by atoms with Crippen LogP contribution >= 0.6 is 0 Å². The molecule has 2 N–H and O–H groups in total. The Bertz CT molecular complexity index is 200. The molecule has 0 radical (unpaired) electrons. The number of nitrogens with one attached hydrogen (secondary N) is 1. The highest BCUT2D eigenvalue weighted by Gasteiger charge is 2.32. The average molecular weight is 202 g/mol. The van der Waals surface area contributed by atoms with Crippen LogP contribution in [0.4, 0.5) is 0 Å². The molecule has 1 saturated heterocycles. The summed E-state index contributed by atoms with van der Waals surface area (Å²) in [7, 11) is 3.65. The third-order valence-corrected chi connectivity index (χ3v) is 2.16. The number of nitrogens with zero attached hydrogens (tertiary/aromatic N) is 1. The zero-order chi connectivity index (χ0) is 10.6. The lowest BCUT2D eigenvalue weighted by atomic mass is 10.0. The highest BCUT2D eigenvalue weighted by atomic mass is 16.5. The first-order valence-electron chi connectivity index (χ1n) is 4.73. The van der Waals surface area contributed by atoms with Crippen LogP contribution in [0.3, 0.4) is 0 Å². The summed E-state index contributed by atoms with van der Waals surface area (Å²) >= 11 is 0. The minimum atomic E-state index is -0.859. The highest BCUT2D eigenvalue weighted by molar-refractivity contribution is 5.78. The second-order valence-corrected chi connectivity index (χ2v) is 4.04. The molecular weight excluding hydrogens is 184 g/mol. The second-order valence-electron chi connectivity index (χ2n) is 4.04. The number of aliphatic hydroxyl groups is 1. The van der Waals surface area contributed by atoms with Crippen LogP contribution in [0.1, 0.15) is 6.42 Å². The van der Waals surface area contributed by atoms with E-state index < -0.39 is 5.60 Å². The number of amides is 1. The van der Waals surface area contributed by atoms with E-state index in [1.165, 1.54) is 0 Å². The molecule has 0 aromatic carbocycles. The molecule has 0 aliphatic carbocycles. The average Bonchev–Trinajstić information content (AvgIpc) is 2.49. The maximum Gasteiger partial charge on any atom is 0.234 e. The molecule has 0 saturated carbocycles. The Morgan fingerprint density at radius 2 is 2.36 bits per heavy atom. The van der Waals surface area contributed by atoms with Crippen molar-refractivity contribution < 1.29 is 14.6 Å². The van der Waals surface area contributed by atoms with Gasteiger partial charge in [0.1, 0.15) is 5.60 Å². The van der Waals surface area contributed by atoms with Crippen LogP contribution in [0.5, 0.6) is 0 Å².